The highest BCUT2D eigenvalue weighted by Crippen LogP contribution is 2.44. The SMILES string of the molecule is CCCC(N)Oc1csc(C2=C3C(=O)N(C(N)CCC)C(c4ccc(C)cc4)=C3C(=O)N2)c1. The number of thiophene rings is 1. The summed E-state index contributed by atoms with van der Waals surface area (Å²) >= 11 is 1.40. The molecule has 2 aliphatic rings. The van der Waals surface area contributed by atoms with Crippen LogP contribution < -0.4 is 21.5 Å². The summed E-state index contributed by atoms with van der Waals surface area (Å²) in [6, 6.07) is 9.61. The standard InChI is InChI=1S/C25H30N4O3S/c1-4-6-18(26)29-23(15-10-8-14(3)9-11-15)21-20(25(29)31)22(28-24(21)30)17-12-16(13-33-17)32-19(27)7-5-2/h8-13,18-19H,4-7,26-27H2,1-3H3,(H,28,30). The number of rotatable bonds is 9. The third-order valence-electron chi connectivity index (χ3n) is 5.80. The van der Waals surface area contributed by atoms with Gasteiger partial charge in [-0.1, -0.05) is 56.5 Å². The van der Waals surface area contributed by atoms with Crippen molar-refractivity contribution in [1.82, 2.24) is 10.2 Å². The maximum Gasteiger partial charge on any atom is 0.262 e. The summed E-state index contributed by atoms with van der Waals surface area (Å²) in [4.78, 5) is 29.1. The number of carbonyl (C=O) groups excluding carboxylic acids is 2. The van der Waals surface area contributed by atoms with Crippen LogP contribution in [0, 0.1) is 6.92 Å². The lowest BCUT2D eigenvalue weighted by Crippen LogP contribution is -2.42. The van der Waals surface area contributed by atoms with Gasteiger partial charge in [0.1, 0.15) is 12.0 Å². The number of aryl methyl sites for hydroxylation is 1. The van der Waals surface area contributed by atoms with E-state index in [0.29, 0.717) is 34.7 Å². The van der Waals surface area contributed by atoms with Crippen molar-refractivity contribution >= 4 is 34.5 Å². The van der Waals surface area contributed by atoms with E-state index in [9.17, 15) is 9.59 Å². The molecular weight excluding hydrogens is 436 g/mol. The first kappa shape index (κ1) is 23.2. The lowest BCUT2D eigenvalue weighted by molar-refractivity contribution is -0.124. The fourth-order valence-corrected chi connectivity index (χ4v) is 5.03. The third kappa shape index (κ3) is 4.34. The molecule has 2 amide bonds. The summed E-state index contributed by atoms with van der Waals surface area (Å²) in [6.07, 6.45) is 2.20. The van der Waals surface area contributed by atoms with Crippen molar-refractivity contribution in [3.63, 3.8) is 0 Å². The van der Waals surface area contributed by atoms with E-state index in [1.54, 1.807) is 4.90 Å². The number of nitrogens with zero attached hydrogens (tertiary/aromatic N) is 1. The van der Waals surface area contributed by atoms with Crippen molar-refractivity contribution in [3.8, 4) is 5.75 Å². The molecule has 1 aromatic heterocycles. The van der Waals surface area contributed by atoms with Gasteiger partial charge >= 0.3 is 0 Å². The van der Waals surface area contributed by atoms with E-state index in [1.807, 2.05) is 56.5 Å². The number of fused-ring (bicyclic) bond motifs is 1. The molecule has 8 heteroatoms. The van der Waals surface area contributed by atoms with Crippen LogP contribution in [0.2, 0.25) is 0 Å². The molecule has 2 aromatic rings. The van der Waals surface area contributed by atoms with Gasteiger partial charge in [0.2, 0.25) is 0 Å². The van der Waals surface area contributed by atoms with Crippen molar-refractivity contribution in [2.75, 3.05) is 0 Å². The van der Waals surface area contributed by atoms with Crippen molar-refractivity contribution in [2.24, 2.45) is 11.5 Å². The largest absolute Gasteiger partial charge is 0.475 e. The van der Waals surface area contributed by atoms with Gasteiger partial charge in [0.15, 0.2) is 0 Å². The Morgan fingerprint density at radius 1 is 1.06 bits per heavy atom. The zero-order chi connectivity index (χ0) is 23.7. The molecule has 174 valence electrons. The molecule has 2 aliphatic heterocycles. The minimum absolute atomic E-state index is 0.256. The number of hydrogen-bond donors (Lipinski definition) is 3. The fourth-order valence-electron chi connectivity index (χ4n) is 4.21. The summed E-state index contributed by atoms with van der Waals surface area (Å²) in [5, 5.41) is 4.76. The topological polar surface area (TPSA) is 111 Å². The number of hydrogen-bond acceptors (Lipinski definition) is 6. The van der Waals surface area contributed by atoms with Crippen LogP contribution in [0.4, 0.5) is 0 Å². The molecule has 5 N–H and O–H groups in total. The van der Waals surface area contributed by atoms with Crippen molar-refractivity contribution in [3.05, 3.63) is 62.9 Å². The van der Waals surface area contributed by atoms with Gasteiger partial charge in [-0.2, -0.15) is 0 Å². The highest BCUT2D eigenvalue weighted by atomic mass is 32.1. The maximum atomic E-state index is 13.7. The van der Waals surface area contributed by atoms with Crippen molar-refractivity contribution in [1.29, 1.82) is 0 Å². The summed E-state index contributed by atoms with van der Waals surface area (Å²) in [5.74, 6) is 0.0709. The van der Waals surface area contributed by atoms with Crippen LogP contribution in [0.15, 0.2) is 46.9 Å². The molecule has 3 heterocycles. The van der Waals surface area contributed by atoms with Gasteiger partial charge in [-0.25, -0.2) is 0 Å². The average molecular weight is 467 g/mol. The Bertz CT molecular complexity index is 1130. The molecule has 0 bridgehead atoms. The second-order valence-corrected chi connectivity index (χ2v) is 9.33. The molecule has 1 aromatic carbocycles. The molecule has 4 rings (SSSR count). The normalized spacial score (nSPS) is 17.5. The molecule has 0 saturated heterocycles. The Hall–Kier alpha value is -2.94. The molecule has 0 spiro atoms. The van der Waals surface area contributed by atoms with E-state index in [2.05, 4.69) is 5.32 Å². The van der Waals surface area contributed by atoms with Gasteiger partial charge in [0.05, 0.1) is 33.6 Å². The van der Waals surface area contributed by atoms with Crippen LogP contribution in [-0.4, -0.2) is 29.1 Å². The Labute approximate surface area is 198 Å². The fraction of sp³-hybridized carbons (Fsp3) is 0.360. The third-order valence-corrected chi connectivity index (χ3v) is 6.73. The van der Waals surface area contributed by atoms with E-state index in [-0.39, 0.29) is 11.8 Å². The van der Waals surface area contributed by atoms with E-state index in [1.165, 1.54) is 11.3 Å². The predicted molar refractivity (Wildman–Crippen MR) is 131 cm³/mol. The molecule has 0 aliphatic carbocycles. The van der Waals surface area contributed by atoms with Gasteiger partial charge in [-0.15, -0.1) is 11.3 Å². The van der Waals surface area contributed by atoms with E-state index in [0.717, 1.165) is 35.3 Å². The van der Waals surface area contributed by atoms with Crippen LogP contribution >= 0.6 is 11.3 Å². The zero-order valence-electron chi connectivity index (χ0n) is 19.2. The summed E-state index contributed by atoms with van der Waals surface area (Å²) in [5.41, 5.74) is 16.2. The summed E-state index contributed by atoms with van der Waals surface area (Å²) < 4.78 is 5.78. The molecule has 0 radical (unpaired) electrons. The molecule has 0 fully saturated rings. The Kier molecular flexibility index (Phi) is 6.69. The van der Waals surface area contributed by atoms with Crippen molar-refractivity contribution < 1.29 is 14.3 Å². The van der Waals surface area contributed by atoms with Crippen LogP contribution in [0.25, 0.3) is 11.4 Å². The van der Waals surface area contributed by atoms with E-state index >= 15 is 0 Å². The lowest BCUT2D eigenvalue weighted by Gasteiger charge is -2.28. The summed E-state index contributed by atoms with van der Waals surface area (Å²) in [7, 11) is 0. The van der Waals surface area contributed by atoms with E-state index in [4.69, 9.17) is 16.2 Å². The number of carbonyl (C=O) groups is 2. The van der Waals surface area contributed by atoms with Gasteiger partial charge in [0.25, 0.3) is 11.8 Å². The van der Waals surface area contributed by atoms with Crippen LogP contribution in [0.3, 0.4) is 0 Å². The highest BCUT2D eigenvalue weighted by Gasteiger charge is 2.47. The Morgan fingerprint density at radius 3 is 2.42 bits per heavy atom. The Balaban J connectivity index is 1.80. The average Bonchev–Trinajstić information content (AvgIpc) is 3.44. The molecule has 0 saturated carbocycles. The molecule has 33 heavy (non-hydrogen) atoms. The molecule has 7 nitrogen and oxygen atoms in total. The second-order valence-electron chi connectivity index (χ2n) is 8.42. The first-order valence-electron chi connectivity index (χ1n) is 11.3. The van der Waals surface area contributed by atoms with Crippen LogP contribution in [0.1, 0.15) is 55.5 Å². The molecule has 2 unspecified atom stereocenters. The van der Waals surface area contributed by atoms with Crippen LogP contribution in [-0.2, 0) is 9.59 Å². The predicted octanol–water partition coefficient (Wildman–Crippen LogP) is 3.70. The van der Waals surface area contributed by atoms with Gasteiger partial charge in [-0.3, -0.25) is 20.2 Å². The second kappa shape index (κ2) is 9.51. The number of amides is 2. The smallest absolute Gasteiger partial charge is 0.262 e. The highest BCUT2D eigenvalue weighted by molar-refractivity contribution is 7.11. The van der Waals surface area contributed by atoms with Crippen LogP contribution in [0.5, 0.6) is 5.75 Å². The van der Waals surface area contributed by atoms with Gasteiger partial charge in [-0.05, 0) is 25.3 Å². The van der Waals surface area contributed by atoms with Gasteiger partial charge < -0.3 is 15.8 Å². The number of nitrogens with one attached hydrogen (secondary N) is 1. The zero-order valence-corrected chi connectivity index (χ0v) is 20.0. The minimum Gasteiger partial charge on any atom is -0.475 e. The Morgan fingerprint density at radius 2 is 1.76 bits per heavy atom. The first-order valence-corrected chi connectivity index (χ1v) is 12.2. The van der Waals surface area contributed by atoms with E-state index < -0.39 is 12.4 Å². The first-order chi connectivity index (χ1) is 15.8. The minimum atomic E-state index is -0.521. The maximum absolute atomic E-state index is 13.7. The molecular formula is C25H30N4O3S. The molecule has 2 atom stereocenters. The monoisotopic (exact) mass is 466 g/mol. The lowest BCUT2D eigenvalue weighted by atomic mass is 10.0. The number of nitrogens with two attached hydrogens (primary N) is 2. The van der Waals surface area contributed by atoms with Gasteiger partial charge in [0, 0.05) is 11.4 Å². The van der Waals surface area contributed by atoms with Crippen molar-refractivity contribution in [2.45, 2.75) is 58.8 Å². The quantitative estimate of drug-likeness (QED) is 0.488. The summed E-state index contributed by atoms with van der Waals surface area (Å²) in [6.45, 7) is 6.06. The number of benzene rings is 1. The number of ether oxygens (including phenoxy) is 1.